The number of rotatable bonds is 15. The molecule has 4 rings (SSSR count). The van der Waals surface area contributed by atoms with Crippen molar-refractivity contribution >= 4 is 17.7 Å². The van der Waals surface area contributed by atoms with Crippen LogP contribution >= 0.6 is 0 Å². The fourth-order valence-corrected chi connectivity index (χ4v) is 5.82. The van der Waals surface area contributed by atoms with Crippen molar-refractivity contribution in [1.82, 2.24) is 16.0 Å². The Morgan fingerprint density at radius 3 is 2.02 bits per heavy atom. The van der Waals surface area contributed by atoms with Gasteiger partial charge in [0, 0.05) is 12.0 Å². The fraction of sp³-hybridized carbons (Fsp3) is 0.364. The molecule has 1 aliphatic carbocycles. The van der Waals surface area contributed by atoms with Crippen molar-refractivity contribution in [1.29, 1.82) is 0 Å². The Balaban J connectivity index is 1.39. The number of halogens is 3. The summed E-state index contributed by atoms with van der Waals surface area (Å²) in [4.78, 5) is 37.6. The van der Waals surface area contributed by atoms with Gasteiger partial charge in [0.1, 0.15) is 18.2 Å². The van der Waals surface area contributed by atoms with E-state index in [2.05, 4.69) is 16.0 Å². The number of aliphatic hydroxyl groups excluding tert-OH is 1. The average Bonchev–Trinajstić information content (AvgIpc) is 3.30. The highest BCUT2D eigenvalue weighted by Crippen LogP contribution is 2.51. The number of amides is 3. The number of alkyl halides is 3. The number of hydrogen-bond acceptors (Lipinski definition) is 5. The molecule has 2 unspecified atom stereocenters. The van der Waals surface area contributed by atoms with Crippen LogP contribution in [0, 0.1) is 0 Å². The van der Waals surface area contributed by atoms with E-state index in [-0.39, 0.29) is 12.8 Å². The van der Waals surface area contributed by atoms with Crippen LogP contribution in [0.3, 0.4) is 0 Å². The molecular weight excluding hydrogens is 573 g/mol. The molecule has 0 radical (unpaired) electrons. The molecule has 2 atom stereocenters. The minimum Gasteiger partial charge on any atom is -0.376 e. The number of unbranched alkanes of at least 4 members (excludes halogenated alkanes) is 2. The summed E-state index contributed by atoms with van der Waals surface area (Å²) in [6, 6.07) is 22.3. The van der Waals surface area contributed by atoms with Crippen molar-refractivity contribution in [3.8, 4) is 11.1 Å². The minimum atomic E-state index is -4.54. The zero-order valence-corrected chi connectivity index (χ0v) is 24.2. The van der Waals surface area contributed by atoms with Gasteiger partial charge in [-0.25, -0.2) is 0 Å². The zero-order valence-electron chi connectivity index (χ0n) is 24.2. The van der Waals surface area contributed by atoms with Crippen LogP contribution < -0.4 is 21.7 Å². The summed E-state index contributed by atoms with van der Waals surface area (Å²) in [6.45, 7) is -1.06. The molecule has 0 fully saturated rings. The molecule has 1 aliphatic rings. The van der Waals surface area contributed by atoms with E-state index >= 15 is 0 Å². The molecule has 3 aromatic rings. The molecule has 3 aromatic carbocycles. The molecule has 0 saturated heterocycles. The number of carbonyl (C=O) groups excluding carboxylic acids is 3. The van der Waals surface area contributed by atoms with Gasteiger partial charge in [-0.15, -0.1) is 0 Å². The summed E-state index contributed by atoms with van der Waals surface area (Å²) in [5, 5.41) is 18.6. The maximum atomic E-state index is 13.6. The third-order valence-electron chi connectivity index (χ3n) is 7.92. The van der Waals surface area contributed by atoms with Gasteiger partial charge in [0.25, 0.3) is 5.91 Å². The molecule has 3 amide bonds. The topological polar surface area (TPSA) is 134 Å². The Morgan fingerprint density at radius 2 is 1.43 bits per heavy atom. The van der Waals surface area contributed by atoms with Crippen LogP contribution in [-0.4, -0.2) is 54.4 Å². The lowest BCUT2D eigenvalue weighted by Gasteiger charge is -2.31. The van der Waals surface area contributed by atoms with Crippen LogP contribution in [0.15, 0.2) is 78.9 Å². The number of fused-ring (bicyclic) bond motifs is 3. The molecule has 6 N–H and O–H groups in total. The van der Waals surface area contributed by atoms with E-state index in [1.807, 2.05) is 24.3 Å². The number of benzene rings is 3. The van der Waals surface area contributed by atoms with Crippen molar-refractivity contribution in [3.63, 3.8) is 0 Å². The van der Waals surface area contributed by atoms with Gasteiger partial charge in [-0.3, -0.25) is 19.7 Å². The van der Waals surface area contributed by atoms with Crippen LogP contribution in [-0.2, 0) is 15.0 Å². The largest absolute Gasteiger partial charge is 0.405 e. The van der Waals surface area contributed by atoms with Gasteiger partial charge in [0.15, 0.2) is 0 Å². The van der Waals surface area contributed by atoms with Gasteiger partial charge in [-0.05, 0) is 60.2 Å². The van der Waals surface area contributed by atoms with E-state index in [4.69, 9.17) is 5.73 Å². The molecule has 11 heteroatoms. The van der Waals surface area contributed by atoms with Crippen LogP contribution in [0.5, 0.6) is 0 Å². The quantitative estimate of drug-likeness (QED) is 0.130. The summed E-state index contributed by atoms with van der Waals surface area (Å²) in [6.07, 6.45) is -3.59. The van der Waals surface area contributed by atoms with Crippen LogP contribution in [0.4, 0.5) is 13.2 Å². The number of primary amides is 1. The predicted octanol–water partition coefficient (Wildman–Crippen LogP) is 4.16. The zero-order chi connectivity index (χ0) is 31.7. The van der Waals surface area contributed by atoms with Crippen LogP contribution in [0.2, 0.25) is 0 Å². The monoisotopic (exact) mass is 610 g/mol. The molecule has 0 saturated carbocycles. The number of hydrogen-bond donors (Lipinski definition) is 5. The second-order valence-corrected chi connectivity index (χ2v) is 11.0. The maximum Gasteiger partial charge on any atom is 0.405 e. The molecular formula is C33H37F3N4O4. The van der Waals surface area contributed by atoms with Gasteiger partial charge in [-0.1, -0.05) is 79.6 Å². The van der Waals surface area contributed by atoms with Gasteiger partial charge < -0.3 is 21.5 Å². The Kier molecular flexibility index (Phi) is 10.8. The van der Waals surface area contributed by atoms with Crippen molar-refractivity contribution in [2.75, 3.05) is 13.1 Å². The highest BCUT2D eigenvalue weighted by molar-refractivity contribution is 6.00. The standard InChI is InChI=1S/C33H37F3N4O4/c34-33(35,36)21-39-31(44)32(25-15-7-5-13-23(25)24-14-6-8-16-26(24)32)19-9-2-10-20-38-30(43)27(17-18-28(37)41)40-29(42)22-11-3-1-4-12-22/h1,3-8,11-16,27,30,38,43H,2,9-10,17-21H2,(H2,37,41)(H,39,44)(H,40,42). The van der Waals surface area contributed by atoms with E-state index in [0.717, 1.165) is 11.1 Å². The van der Waals surface area contributed by atoms with Crippen LogP contribution in [0.25, 0.3) is 11.1 Å². The lowest BCUT2D eigenvalue weighted by molar-refractivity contribution is -0.141. The number of nitrogens with two attached hydrogens (primary N) is 1. The lowest BCUT2D eigenvalue weighted by atomic mass is 9.73. The average molecular weight is 611 g/mol. The summed E-state index contributed by atoms with van der Waals surface area (Å²) < 4.78 is 39.3. The maximum absolute atomic E-state index is 13.6. The van der Waals surface area contributed by atoms with Crippen molar-refractivity contribution < 1.29 is 32.7 Å². The Morgan fingerprint density at radius 1 is 0.841 bits per heavy atom. The minimum absolute atomic E-state index is 0.0279. The normalized spacial score (nSPS) is 14.6. The second kappa shape index (κ2) is 14.5. The van der Waals surface area contributed by atoms with E-state index in [1.165, 1.54) is 0 Å². The molecule has 44 heavy (non-hydrogen) atoms. The Hall–Kier alpha value is -4.22. The first kappa shape index (κ1) is 32.7. The fourth-order valence-electron chi connectivity index (χ4n) is 5.82. The SMILES string of the molecule is NC(=O)CCC(NC(=O)c1ccccc1)C(O)NCCCCCC1(C(=O)NCC(F)(F)F)c2ccccc2-c2ccccc21. The lowest BCUT2D eigenvalue weighted by Crippen LogP contribution is -2.50. The van der Waals surface area contributed by atoms with E-state index in [0.29, 0.717) is 48.9 Å². The van der Waals surface area contributed by atoms with Gasteiger partial charge in [-0.2, -0.15) is 13.2 Å². The number of nitrogens with one attached hydrogen (secondary N) is 3. The smallest absolute Gasteiger partial charge is 0.376 e. The van der Waals surface area contributed by atoms with Crippen molar-refractivity contribution in [2.24, 2.45) is 5.73 Å². The predicted molar refractivity (Wildman–Crippen MR) is 160 cm³/mol. The van der Waals surface area contributed by atoms with E-state index in [1.54, 1.807) is 54.6 Å². The van der Waals surface area contributed by atoms with Crippen LogP contribution in [0.1, 0.15) is 60.0 Å². The summed E-state index contributed by atoms with van der Waals surface area (Å²) >= 11 is 0. The van der Waals surface area contributed by atoms with Gasteiger partial charge in [0.2, 0.25) is 11.8 Å². The molecule has 0 spiro atoms. The first-order valence-electron chi connectivity index (χ1n) is 14.6. The van der Waals surface area contributed by atoms with E-state index in [9.17, 15) is 32.7 Å². The highest BCUT2D eigenvalue weighted by atomic mass is 19.4. The van der Waals surface area contributed by atoms with Gasteiger partial charge in [0.05, 0.1) is 6.04 Å². The molecule has 0 aromatic heterocycles. The molecule has 8 nitrogen and oxygen atoms in total. The first-order chi connectivity index (χ1) is 21.0. The molecule has 0 heterocycles. The number of carbonyl (C=O) groups is 3. The third kappa shape index (κ3) is 7.83. The van der Waals surface area contributed by atoms with Crippen molar-refractivity contribution in [2.45, 2.75) is 62.4 Å². The molecule has 234 valence electrons. The highest BCUT2D eigenvalue weighted by Gasteiger charge is 2.49. The summed E-state index contributed by atoms with van der Waals surface area (Å²) in [5.41, 5.74) is 7.44. The van der Waals surface area contributed by atoms with Gasteiger partial charge >= 0.3 is 6.18 Å². The summed E-state index contributed by atoms with van der Waals surface area (Å²) in [7, 11) is 0. The molecule has 0 aliphatic heterocycles. The number of aliphatic hydroxyl groups is 1. The summed E-state index contributed by atoms with van der Waals surface area (Å²) in [5.74, 6) is -1.64. The third-order valence-corrected chi connectivity index (χ3v) is 7.92. The Bertz CT molecular complexity index is 1400. The Labute approximate surface area is 254 Å². The first-order valence-corrected chi connectivity index (χ1v) is 14.6. The second-order valence-electron chi connectivity index (χ2n) is 11.0. The van der Waals surface area contributed by atoms with Crippen molar-refractivity contribution in [3.05, 3.63) is 95.6 Å². The molecule has 0 bridgehead atoms. The van der Waals surface area contributed by atoms with E-state index < -0.39 is 48.1 Å².